The molecule has 0 saturated carbocycles. The van der Waals surface area contributed by atoms with Crippen molar-refractivity contribution in [3.05, 3.63) is 34.9 Å². The van der Waals surface area contributed by atoms with Crippen LogP contribution in [0.3, 0.4) is 0 Å². The van der Waals surface area contributed by atoms with Gasteiger partial charge in [-0.2, -0.15) is 0 Å². The van der Waals surface area contributed by atoms with Crippen LogP contribution in [0.4, 0.5) is 0 Å². The van der Waals surface area contributed by atoms with Crippen LogP contribution in [0, 0.1) is 19.8 Å². The standard InChI is InChI=1S/C13H20O/c1-9-5-6-13(10(2)7-9)12(4)11(3)8-14/h5-7,11-12,14H,8H2,1-4H3. The van der Waals surface area contributed by atoms with E-state index >= 15 is 0 Å². The summed E-state index contributed by atoms with van der Waals surface area (Å²) in [5.74, 6) is 0.761. The molecule has 0 saturated heterocycles. The normalized spacial score (nSPS) is 15.2. The maximum Gasteiger partial charge on any atom is 0.0462 e. The molecule has 1 rings (SSSR count). The third-order valence-corrected chi connectivity index (χ3v) is 3.06. The molecular weight excluding hydrogens is 172 g/mol. The first-order valence-corrected chi connectivity index (χ1v) is 5.24. The second-order valence-corrected chi connectivity index (χ2v) is 4.31. The lowest BCUT2D eigenvalue weighted by atomic mass is 9.86. The Bertz CT molecular complexity index is 304. The van der Waals surface area contributed by atoms with Crippen LogP contribution in [0.5, 0.6) is 0 Å². The Morgan fingerprint density at radius 1 is 1.21 bits per heavy atom. The number of benzene rings is 1. The van der Waals surface area contributed by atoms with E-state index in [1.54, 1.807) is 0 Å². The molecule has 1 nitrogen and oxygen atoms in total. The molecule has 1 N–H and O–H groups in total. The van der Waals surface area contributed by atoms with Crippen molar-refractivity contribution in [1.82, 2.24) is 0 Å². The zero-order valence-corrected chi connectivity index (χ0v) is 9.54. The van der Waals surface area contributed by atoms with Gasteiger partial charge in [-0.15, -0.1) is 0 Å². The van der Waals surface area contributed by atoms with Gasteiger partial charge in [-0.1, -0.05) is 37.6 Å². The minimum atomic E-state index is 0.258. The topological polar surface area (TPSA) is 20.2 Å². The summed E-state index contributed by atoms with van der Waals surface area (Å²) < 4.78 is 0. The first kappa shape index (κ1) is 11.3. The van der Waals surface area contributed by atoms with Crippen molar-refractivity contribution in [2.45, 2.75) is 33.6 Å². The molecule has 2 unspecified atom stereocenters. The van der Waals surface area contributed by atoms with Gasteiger partial charge >= 0.3 is 0 Å². The molecule has 0 bridgehead atoms. The summed E-state index contributed by atoms with van der Waals surface area (Å²) >= 11 is 0. The van der Waals surface area contributed by atoms with E-state index in [1.807, 2.05) is 0 Å². The Hall–Kier alpha value is -0.820. The van der Waals surface area contributed by atoms with E-state index in [9.17, 15) is 0 Å². The average molecular weight is 192 g/mol. The van der Waals surface area contributed by atoms with E-state index in [1.165, 1.54) is 16.7 Å². The summed E-state index contributed by atoms with van der Waals surface area (Å²) in [5.41, 5.74) is 3.99. The zero-order valence-electron chi connectivity index (χ0n) is 9.54. The number of hydrogen-bond donors (Lipinski definition) is 1. The van der Waals surface area contributed by atoms with Crippen molar-refractivity contribution >= 4 is 0 Å². The number of hydrogen-bond acceptors (Lipinski definition) is 1. The highest BCUT2D eigenvalue weighted by atomic mass is 16.3. The van der Waals surface area contributed by atoms with Gasteiger partial charge in [0.1, 0.15) is 0 Å². The highest BCUT2D eigenvalue weighted by molar-refractivity contribution is 5.33. The molecule has 78 valence electrons. The van der Waals surface area contributed by atoms with E-state index in [0.717, 1.165) is 0 Å². The van der Waals surface area contributed by atoms with Gasteiger partial charge in [0.25, 0.3) is 0 Å². The fourth-order valence-electron chi connectivity index (χ4n) is 1.80. The molecule has 0 heterocycles. The predicted octanol–water partition coefficient (Wildman–Crippen LogP) is 3.04. The minimum Gasteiger partial charge on any atom is -0.396 e. The van der Waals surface area contributed by atoms with Crippen LogP contribution < -0.4 is 0 Å². The van der Waals surface area contributed by atoms with Crippen LogP contribution in [0.1, 0.15) is 36.5 Å². The zero-order chi connectivity index (χ0) is 10.7. The Balaban J connectivity index is 2.95. The summed E-state index contributed by atoms with van der Waals surface area (Å²) in [6, 6.07) is 6.53. The Morgan fingerprint density at radius 2 is 1.86 bits per heavy atom. The number of rotatable bonds is 3. The first-order valence-electron chi connectivity index (χ1n) is 5.24. The highest BCUT2D eigenvalue weighted by Gasteiger charge is 2.14. The van der Waals surface area contributed by atoms with Gasteiger partial charge in [0.15, 0.2) is 0 Å². The SMILES string of the molecule is Cc1ccc(C(C)C(C)CO)c(C)c1. The Kier molecular flexibility index (Phi) is 3.70. The summed E-state index contributed by atoms with van der Waals surface area (Å²) in [5, 5.41) is 9.11. The van der Waals surface area contributed by atoms with Crippen LogP contribution in [-0.4, -0.2) is 11.7 Å². The van der Waals surface area contributed by atoms with Crippen molar-refractivity contribution in [2.75, 3.05) is 6.61 Å². The van der Waals surface area contributed by atoms with Crippen LogP contribution in [0.25, 0.3) is 0 Å². The molecule has 0 spiro atoms. The van der Waals surface area contributed by atoms with Gasteiger partial charge in [0, 0.05) is 6.61 Å². The lowest BCUT2D eigenvalue weighted by Gasteiger charge is -2.20. The highest BCUT2D eigenvalue weighted by Crippen LogP contribution is 2.26. The molecule has 0 aliphatic carbocycles. The minimum absolute atomic E-state index is 0.258. The van der Waals surface area contributed by atoms with E-state index in [2.05, 4.69) is 45.9 Å². The average Bonchev–Trinajstić information content (AvgIpc) is 2.15. The van der Waals surface area contributed by atoms with Crippen LogP contribution in [-0.2, 0) is 0 Å². The van der Waals surface area contributed by atoms with E-state index in [0.29, 0.717) is 11.8 Å². The van der Waals surface area contributed by atoms with E-state index < -0.39 is 0 Å². The van der Waals surface area contributed by atoms with Gasteiger partial charge in [0.2, 0.25) is 0 Å². The lowest BCUT2D eigenvalue weighted by Crippen LogP contribution is -2.11. The van der Waals surface area contributed by atoms with Crippen molar-refractivity contribution in [3.8, 4) is 0 Å². The molecule has 14 heavy (non-hydrogen) atoms. The van der Waals surface area contributed by atoms with Crippen LogP contribution in [0.2, 0.25) is 0 Å². The van der Waals surface area contributed by atoms with E-state index in [4.69, 9.17) is 5.11 Å². The Morgan fingerprint density at radius 3 is 2.36 bits per heavy atom. The molecule has 1 aromatic carbocycles. The molecule has 0 amide bonds. The van der Waals surface area contributed by atoms with Crippen molar-refractivity contribution in [3.63, 3.8) is 0 Å². The largest absolute Gasteiger partial charge is 0.396 e. The van der Waals surface area contributed by atoms with Crippen molar-refractivity contribution in [1.29, 1.82) is 0 Å². The number of aryl methyl sites for hydroxylation is 2. The lowest BCUT2D eigenvalue weighted by molar-refractivity contribution is 0.220. The fraction of sp³-hybridized carbons (Fsp3) is 0.538. The molecule has 1 aromatic rings. The maximum absolute atomic E-state index is 9.11. The molecular formula is C13H20O. The predicted molar refractivity (Wildman–Crippen MR) is 60.6 cm³/mol. The second kappa shape index (κ2) is 4.61. The van der Waals surface area contributed by atoms with Gasteiger partial charge < -0.3 is 5.11 Å². The van der Waals surface area contributed by atoms with Gasteiger partial charge in [0.05, 0.1) is 0 Å². The Labute approximate surface area is 86.8 Å². The molecule has 1 heteroatoms. The molecule has 0 fully saturated rings. The monoisotopic (exact) mass is 192 g/mol. The first-order chi connectivity index (χ1) is 6.56. The van der Waals surface area contributed by atoms with E-state index in [-0.39, 0.29) is 6.61 Å². The number of aliphatic hydroxyl groups is 1. The molecule has 0 radical (unpaired) electrons. The van der Waals surface area contributed by atoms with Gasteiger partial charge in [-0.25, -0.2) is 0 Å². The molecule has 0 aliphatic heterocycles. The maximum atomic E-state index is 9.11. The third kappa shape index (κ3) is 2.36. The number of aliphatic hydroxyl groups excluding tert-OH is 1. The van der Waals surface area contributed by atoms with Gasteiger partial charge in [-0.05, 0) is 36.8 Å². The van der Waals surface area contributed by atoms with Crippen molar-refractivity contribution in [2.24, 2.45) is 5.92 Å². The second-order valence-electron chi connectivity index (χ2n) is 4.31. The molecule has 0 aliphatic rings. The molecule has 2 atom stereocenters. The summed E-state index contributed by atoms with van der Waals surface area (Å²) in [4.78, 5) is 0. The fourth-order valence-corrected chi connectivity index (χ4v) is 1.80. The van der Waals surface area contributed by atoms with Crippen molar-refractivity contribution < 1.29 is 5.11 Å². The molecule has 0 aromatic heterocycles. The van der Waals surface area contributed by atoms with Crippen LogP contribution in [0.15, 0.2) is 18.2 Å². The summed E-state index contributed by atoms with van der Waals surface area (Å²) in [7, 11) is 0. The summed E-state index contributed by atoms with van der Waals surface area (Å²) in [6.45, 7) is 8.77. The van der Waals surface area contributed by atoms with Crippen LogP contribution >= 0.6 is 0 Å². The smallest absolute Gasteiger partial charge is 0.0462 e. The third-order valence-electron chi connectivity index (χ3n) is 3.06. The quantitative estimate of drug-likeness (QED) is 0.780. The van der Waals surface area contributed by atoms with Gasteiger partial charge in [-0.3, -0.25) is 0 Å². The summed E-state index contributed by atoms with van der Waals surface area (Å²) in [6.07, 6.45) is 0.